The molecular weight excluding hydrogens is 220 g/mol. The van der Waals surface area contributed by atoms with Crippen LogP contribution in [0.25, 0.3) is 0 Å². The third-order valence-electron chi connectivity index (χ3n) is 5.36. The van der Waals surface area contributed by atoms with Gasteiger partial charge in [-0.1, -0.05) is 33.6 Å². The van der Waals surface area contributed by atoms with E-state index in [4.69, 9.17) is 0 Å². The van der Waals surface area contributed by atoms with Gasteiger partial charge in [-0.3, -0.25) is 0 Å². The van der Waals surface area contributed by atoms with Crippen LogP contribution in [0.5, 0.6) is 0 Å². The van der Waals surface area contributed by atoms with Gasteiger partial charge in [-0.25, -0.2) is 0 Å². The Morgan fingerprint density at radius 1 is 1.17 bits per heavy atom. The fraction of sp³-hybridized carbons (Fsp3) is 1.00. The first-order valence-corrected chi connectivity index (χ1v) is 7.86. The van der Waals surface area contributed by atoms with E-state index in [1.54, 1.807) is 0 Å². The van der Waals surface area contributed by atoms with Gasteiger partial charge in [-0.15, -0.1) is 0 Å². The smallest absolute Gasteiger partial charge is 0.0328 e. The highest BCUT2D eigenvalue weighted by Gasteiger charge is 2.39. The fourth-order valence-electron chi connectivity index (χ4n) is 3.55. The molecule has 0 radical (unpaired) electrons. The van der Waals surface area contributed by atoms with Crippen LogP contribution in [0.15, 0.2) is 0 Å². The summed E-state index contributed by atoms with van der Waals surface area (Å²) in [6.45, 7) is 10.5. The van der Waals surface area contributed by atoms with Crippen molar-refractivity contribution in [2.24, 2.45) is 11.8 Å². The Kier molecular flexibility index (Phi) is 6.13. The SMILES string of the molecule is CCNC(C1CCC(C)CC1)C(C)(CC)N(C)C. The lowest BCUT2D eigenvalue weighted by Crippen LogP contribution is -2.60. The fourth-order valence-corrected chi connectivity index (χ4v) is 3.55. The molecule has 2 unspecified atom stereocenters. The average Bonchev–Trinajstić information content (AvgIpc) is 2.36. The van der Waals surface area contributed by atoms with Crippen molar-refractivity contribution in [2.45, 2.75) is 71.4 Å². The molecule has 2 atom stereocenters. The van der Waals surface area contributed by atoms with Gasteiger partial charge in [-0.05, 0) is 58.7 Å². The van der Waals surface area contributed by atoms with Crippen molar-refractivity contribution in [3.8, 4) is 0 Å². The molecule has 1 aliphatic rings. The first kappa shape index (κ1) is 16.0. The highest BCUT2D eigenvalue weighted by molar-refractivity contribution is 4.98. The maximum Gasteiger partial charge on any atom is 0.0328 e. The Morgan fingerprint density at radius 3 is 2.11 bits per heavy atom. The van der Waals surface area contributed by atoms with E-state index < -0.39 is 0 Å². The summed E-state index contributed by atoms with van der Waals surface area (Å²) < 4.78 is 0. The minimum atomic E-state index is 0.279. The lowest BCUT2D eigenvalue weighted by Gasteiger charge is -2.48. The first-order chi connectivity index (χ1) is 8.45. The van der Waals surface area contributed by atoms with Crippen LogP contribution < -0.4 is 5.32 Å². The van der Waals surface area contributed by atoms with Crippen molar-refractivity contribution in [3.63, 3.8) is 0 Å². The van der Waals surface area contributed by atoms with Gasteiger partial charge < -0.3 is 10.2 Å². The Balaban J connectivity index is 2.80. The van der Waals surface area contributed by atoms with Crippen molar-refractivity contribution >= 4 is 0 Å². The molecule has 0 amide bonds. The Bertz CT molecular complexity index is 231. The number of nitrogens with one attached hydrogen (secondary N) is 1. The van der Waals surface area contributed by atoms with Gasteiger partial charge in [0.05, 0.1) is 0 Å². The van der Waals surface area contributed by atoms with Crippen LogP contribution in [0.1, 0.15) is 59.8 Å². The lowest BCUT2D eigenvalue weighted by molar-refractivity contribution is 0.0635. The van der Waals surface area contributed by atoms with Crippen molar-refractivity contribution in [1.29, 1.82) is 0 Å². The molecule has 1 fully saturated rings. The first-order valence-electron chi connectivity index (χ1n) is 7.86. The number of nitrogens with zero attached hydrogens (tertiary/aromatic N) is 1. The van der Waals surface area contributed by atoms with Crippen molar-refractivity contribution in [1.82, 2.24) is 10.2 Å². The van der Waals surface area contributed by atoms with Crippen LogP contribution >= 0.6 is 0 Å². The predicted molar refractivity (Wildman–Crippen MR) is 81.0 cm³/mol. The zero-order valence-corrected chi connectivity index (χ0v) is 13.4. The van der Waals surface area contributed by atoms with E-state index in [0.717, 1.165) is 18.4 Å². The second kappa shape index (κ2) is 6.91. The maximum atomic E-state index is 3.80. The molecule has 0 aliphatic heterocycles. The normalized spacial score (nSPS) is 30.2. The predicted octanol–water partition coefficient (Wildman–Crippen LogP) is 3.52. The number of hydrogen-bond acceptors (Lipinski definition) is 2. The van der Waals surface area contributed by atoms with Crippen LogP contribution in [0.3, 0.4) is 0 Å². The summed E-state index contributed by atoms with van der Waals surface area (Å²) in [7, 11) is 4.47. The summed E-state index contributed by atoms with van der Waals surface area (Å²) in [5.41, 5.74) is 0.279. The van der Waals surface area contributed by atoms with Crippen LogP contribution in [-0.2, 0) is 0 Å². The summed E-state index contributed by atoms with van der Waals surface area (Å²) in [6, 6.07) is 0.634. The molecule has 0 aromatic carbocycles. The molecule has 108 valence electrons. The second-order valence-electron chi connectivity index (χ2n) is 6.66. The van der Waals surface area contributed by atoms with Crippen LogP contribution in [0, 0.1) is 11.8 Å². The molecule has 0 saturated heterocycles. The molecule has 2 heteroatoms. The molecule has 0 spiro atoms. The number of likely N-dealkylation sites (N-methyl/N-ethyl adjacent to an activating group) is 2. The van der Waals surface area contributed by atoms with E-state index in [1.807, 2.05) is 0 Å². The topological polar surface area (TPSA) is 15.3 Å². The molecular formula is C16H34N2. The van der Waals surface area contributed by atoms with Gasteiger partial charge in [0.2, 0.25) is 0 Å². The lowest BCUT2D eigenvalue weighted by atomic mass is 9.72. The van der Waals surface area contributed by atoms with Crippen LogP contribution in [-0.4, -0.2) is 37.1 Å². The van der Waals surface area contributed by atoms with Gasteiger partial charge in [-0.2, -0.15) is 0 Å². The van der Waals surface area contributed by atoms with E-state index in [1.165, 1.54) is 32.1 Å². The summed E-state index contributed by atoms with van der Waals surface area (Å²) in [5, 5.41) is 3.80. The Morgan fingerprint density at radius 2 is 1.72 bits per heavy atom. The van der Waals surface area contributed by atoms with E-state index in [0.29, 0.717) is 6.04 Å². The van der Waals surface area contributed by atoms with Gasteiger partial charge >= 0.3 is 0 Å². The van der Waals surface area contributed by atoms with Crippen LogP contribution in [0.2, 0.25) is 0 Å². The highest BCUT2D eigenvalue weighted by atomic mass is 15.2. The van der Waals surface area contributed by atoms with E-state index in [2.05, 4.69) is 52.0 Å². The van der Waals surface area contributed by atoms with E-state index in [-0.39, 0.29) is 5.54 Å². The number of hydrogen-bond donors (Lipinski definition) is 1. The largest absolute Gasteiger partial charge is 0.312 e. The van der Waals surface area contributed by atoms with Crippen molar-refractivity contribution in [2.75, 3.05) is 20.6 Å². The Labute approximate surface area is 115 Å². The molecule has 0 heterocycles. The number of rotatable bonds is 6. The van der Waals surface area contributed by atoms with Gasteiger partial charge in [0.25, 0.3) is 0 Å². The summed E-state index contributed by atoms with van der Waals surface area (Å²) >= 11 is 0. The minimum Gasteiger partial charge on any atom is -0.312 e. The third kappa shape index (κ3) is 3.48. The summed E-state index contributed by atoms with van der Waals surface area (Å²) in [5.74, 6) is 1.80. The van der Waals surface area contributed by atoms with Crippen molar-refractivity contribution < 1.29 is 0 Å². The van der Waals surface area contributed by atoms with Crippen molar-refractivity contribution in [3.05, 3.63) is 0 Å². The zero-order chi connectivity index (χ0) is 13.8. The molecule has 0 bridgehead atoms. The van der Waals surface area contributed by atoms with Gasteiger partial charge in [0, 0.05) is 11.6 Å². The quantitative estimate of drug-likeness (QED) is 0.780. The van der Waals surface area contributed by atoms with E-state index in [9.17, 15) is 0 Å². The van der Waals surface area contributed by atoms with Gasteiger partial charge in [0.1, 0.15) is 0 Å². The molecule has 1 saturated carbocycles. The maximum absolute atomic E-state index is 3.80. The van der Waals surface area contributed by atoms with E-state index >= 15 is 0 Å². The second-order valence-corrected chi connectivity index (χ2v) is 6.66. The molecule has 2 nitrogen and oxygen atoms in total. The monoisotopic (exact) mass is 254 g/mol. The molecule has 0 aromatic heterocycles. The Hall–Kier alpha value is -0.0800. The molecule has 1 rings (SSSR count). The summed E-state index contributed by atoms with van der Waals surface area (Å²) in [6.07, 6.45) is 6.85. The van der Waals surface area contributed by atoms with Gasteiger partial charge in [0.15, 0.2) is 0 Å². The highest BCUT2D eigenvalue weighted by Crippen LogP contribution is 2.36. The minimum absolute atomic E-state index is 0.279. The molecule has 1 N–H and O–H groups in total. The molecule has 18 heavy (non-hydrogen) atoms. The zero-order valence-electron chi connectivity index (χ0n) is 13.4. The standard InChI is InChI=1S/C16H34N2/c1-7-16(4,18(5)6)15(17-8-2)14-11-9-13(3)10-12-14/h13-15,17H,7-12H2,1-6H3. The van der Waals surface area contributed by atoms with Crippen LogP contribution in [0.4, 0.5) is 0 Å². The average molecular weight is 254 g/mol. The summed E-state index contributed by atoms with van der Waals surface area (Å²) in [4.78, 5) is 2.43. The molecule has 0 aromatic rings. The third-order valence-corrected chi connectivity index (χ3v) is 5.36. The molecule has 1 aliphatic carbocycles.